The minimum absolute atomic E-state index is 0.0520. The number of nitrogens with two attached hydrogens (primary N) is 2. The second kappa shape index (κ2) is 8.01. The Hall–Kier alpha value is -4.28. The summed E-state index contributed by atoms with van der Waals surface area (Å²) in [6, 6.07) is 8.12. The van der Waals surface area contributed by atoms with Crippen molar-refractivity contribution in [3.05, 3.63) is 89.6 Å². The molecule has 0 saturated heterocycles. The molecule has 0 bridgehead atoms. The van der Waals surface area contributed by atoms with Gasteiger partial charge in [0, 0.05) is 5.69 Å². The van der Waals surface area contributed by atoms with Crippen molar-refractivity contribution in [2.45, 2.75) is 12.3 Å². The first-order chi connectivity index (χ1) is 15.6. The second-order valence-electron chi connectivity index (χ2n) is 7.03. The van der Waals surface area contributed by atoms with Gasteiger partial charge in [0.1, 0.15) is 17.8 Å². The van der Waals surface area contributed by atoms with Gasteiger partial charge >= 0.3 is 12.2 Å². The maximum atomic E-state index is 14.4. The summed E-state index contributed by atoms with van der Waals surface area (Å²) >= 11 is 0. The Balaban J connectivity index is 1.76. The van der Waals surface area contributed by atoms with Crippen LogP contribution in [0.4, 0.5) is 39.4 Å². The molecule has 4 N–H and O–H groups in total. The quantitative estimate of drug-likeness (QED) is 0.462. The van der Waals surface area contributed by atoms with E-state index in [1.165, 1.54) is 18.4 Å². The van der Waals surface area contributed by atoms with Crippen molar-refractivity contribution in [1.82, 2.24) is 0 Å². The number of hydrogen-bond donors (Lipinski definition) is 2. The largest absolute Gasteiger partial charge is 0.446 e. The molecule has 0 aliphatic carbocycles. The minimum Gasteiger partial charge on any atom is -0.446 e. The van der Waals surface area contributed by atoms with Crippen LogP contribution in [0.2, 0.25) is 0 Å². The monoisotopic (exact) mass is 459 g/mol. The number of fused-ring (bicyclic) bond motifs is 1. The summed E-state index contributed by atoms with van der Waals surface area (Å²) in [4.78, 5) is 18.8. The Morgan fingerprint density at radius 3 is 2.48 bits per heavy atom. The van der Waals surface area contributed by atoms with Crippen LogP contribution < -0.4 is 32.0 Å². The molecular weight excluding hydrogens is 442 g/mol. The molecule has 33 heavy (non-hydrogen) atoms. The van der Waals surface area contributed by atoms with Crippen LogP contribution in [-0.4, -0.2) is 12.2 Å². The van der Waals surface area contributed by atoms with E-state index in [1.807, 2.05) is 0 Å². The number of alkyl halides is 3. The van der Waals surface area contributed by atoms with Crippen LogP contribution in [-0.2, 0) is 6.18 Å². The summed E-state index contributed by atoms with van der Waals surface area (Å²) in [6.07, 6.45) is -2.34. The molecular formula is C22H17F4N5O2. The minimum atomic E-state index is -4.73. The lowest BCUT2D eigenvalue weighted by atomic mass is 10.1. The Bertz CT molecular complexity index is 1350. The molecule has 2 aromatic carbocycles. The third-order valence-electron chi connectivity index (χ3n) is 5.03. The predicted molar refractivity (Wildman–Crippen MR) is 113 cm³/mol. The number of rotatable bonds is 4. The summed E-state index contributed by atoms with van der Waals surface area (Å²) in [7, 11) is 0. The van der Waals surface area contributed by atoms with E-state index in [2.05, 4.69) is 11.6 Å². The average Bonchev–Trinajstić information content (AvgIpc) is 3.24. The van der Waals surface area contributed by atoms with Crippen LogP contribution in [0.25, 0.3) is 5.82 Å². The van der Waals surface area contributed by atoms with Crippen LogP contribution in [0.5, 0.6) is 0 Å². The van der Waals surface area contributed by atoms with Crippen molar-refractivity contribution in [2.75, 3.05) is 9.80 Å². The molecule has 1 atom stereocenters. The van der Waals surface area contributed by atoms with Crippen LogP contribution in [0.15, 0.2) is 76.9 Å². The number of benzene rings is 2. The van der Waals surface area contributed by atoms with E-state index in [0.29, 0.717) is 45.4 Å². The summed E-state index contributed by atoms with van der Waals surface area (Å²) in [6.45, 7) is 3.75. The molecule has 1 aliphatic rings. The van der Waals surface area contributed by atoms with E-state index >= 15 is 0 Å². The summed E-state index contributed by atoms with van der Waals surface area (Å²) in [5, 5.41) is 0.571. The fraction of sp³-hybridized carbons (Fsp3) is 0.0909. The highest BCUT2D eigenvalue weighted by Gasteiger charge is 2.33. The normalized spacial score (nSPS) is 15.6. The number of halogens is 4. The fourth-order valence-electron chi connectivity index (χ4n) is 3.50. The van der Waals surface area contributed by atoms with E-state index in [1.54, 1.807) is 29.2 Å². The zero-order chi connectivity index (χ0) is 23.9. The molecule has 170 valence electrons. The molecule has 1 aromatic heterocycles. The van der Waals surface area contributed by atoms with Crippen molar-refractivity contribution < 1.29 is 26.8 Å². The van der Waals surface area contributed by atoms with E-state index in [-0.39, 0.29) is 5.69 Å². The van der Waals surface area contributed by atoms with Crippen molar-refractivity contribution in [1.29, 1.82) is 0 Å². The first-order valence-electron chi connectivity index (χ1n) is 9.51. The van der Waals surface area contributed by atoms with E-state index in [0.717, 1.165) is 0 Å². The van der Waals surface area contributed by atoms with Crippen LogP contribution in [0.3, 0.4) is 0 Å². The summed E-state index contributed by atoms with van der Waals surface area (Å²) < 4.78 is 59.0. The van der Waals surface area contributed by atoms with Gasteiger partial charge in [-0.1, -0.05) is 6.58 Å². The topological polar surface area (TPSA) is 101 Å². The highest BCUT2D eigenvalue weighted by Crippen LogP contribution is 2.36. The number of furan rings is 1. The Morgan fingerprint density at radius 2 is 1.88 bits per heavy atom. The molecule has 0 spiro atoms. The molecule has 7 nitrogen and oxygen atoms in total. The number of amides is 2. The SMILES string of the molecule is C=CC1N=c2occc2=C(N)N1c1ccc(N(C(N)=O)c2cc(C(F)(F)F)ccc2F)cc1. The third kappa shape index (κ3) is 3.88. The summed E-state index contributed by atoms with van der Waals surface area (Å²) in [5.41, 5.74) is 10.9. The molecule has 1 unspecified atom stereocenters. The van der Waals surface area contributed by atoms with Crippen LogP contribution >= 0.6 is 0 Å². The van der Waals surface area contributed by atoms with Gasteiger partial charge < -0.3 is 20.8 Å². The number of anilines is 3. The summed E-state index contributed by atoms with van der Waals surface area (Å²) in [5.74, 6) is -0.709. The molecule has 2 amide bonds. The molecule has 0 radical (unpaired) electrons. The Labute approximate surface area is 184 Å². The van der Waals surface area contributed by atoms with Crippen molar-refractivity contribution in [3.8, 4) is 0 Å². The van der Waals surface area contributed by atoms with Gasteiger partial charge in [-0.15, -0.1) is 0 Å². The molecule has 3 aromatic rings. The smallest absolute Gasteiger partial charge is 0.416 e. The van der Waals surface area contributed by atoms with Crippen molar-refractivity contribution in [3.63, 3.8) is 0 Å². The highest BCUT2D eigenvalue weighted by atomic mass is 19.4. The van der Waals surface area contributed by atoms with E-state index in [9.17, 15) is 22.4 Å². The molecule has 4 rings (SSSR count). The predicted octanol–water partition coefficient (Wildman–Crippen LogP) is 3.33. The maximum Gasteiger partial charge on any atom is 0.416 e. The fourth-order valence-corrected chi connectivity index (χ4v) is 3.50. The van der Waals surface area contributed by atoms with Crippen molar-refractivity contribution >= 4 is 28.9 Å². The number of urea groups is 1. The molecule has 2 heterocycles. The zero-order valence-corrected chi connectivity index (χ0v) is 16.9. The molecule has 0 saturated carbocycles. The second-order valence-corrected chi connectivity index (χ2v) is 7.03. The Kier molecular flexibility index (Phi) is 5.32. The molecule has 0 fully saturated rings. The van der Waals surface area contributed by atoms with Gasteiger partial charge in [-0.05, 0) is 54.6 Å². The number of carbonyl (C=O) groups excluding carboxylic acids is 1. The van der Waals surface area contributed by atoms with Gasteiger partial charge in [0.05, 0.1) is 28.4 Å². The van der Waals surface area contributed by atoms with Gasteiger partial charge in [0.2, 0.25) is 5.55 Å². The first kappa shape index (κ1) is 21.9. The number of carbonyl (C=O) groups is 1. The number of nitrogens with zero attached hydrogens (tertiary/aromatic N) is 3. The van der Waals surface area contributed by atoms with Gasteiger partial charge in [0.25, 0.3) is 0 Å². The standard InChI is InChI=1S/C22H17F4N5O2/c1-2-18-29-20-15(9-10-33-20)19(27)31(18)14-6-4-13(5-7-14)30(21(28)32)17-11-12(22(24,25)26)3-8-16(17)23/h2-11,18H,1,27H2,(H2,28,32). The first-order valence-corrected chi connectivity index (χ1v) is 9.51. The highest BCUT2D eigenvalue weighted by molar-refractivity contribution is 5.98. The number of primary amides is 1. The lowest BCUT2D eigenvalue weighted by Gasteiger charge is -2.31. The van der Waals surface area contributed by atoms with Crippen LogP contribution in [0, 0.1) is 5.82 Å². The van der Waals surface area contributed by atoms with E-state index in [4.69, 9.17) is 15.9 Å². The average molecular weight is 459 g/mol. The van der Waals surface area contributed by atoms with Gasteiger partial charge in [-0.25, -0.2) is 14.2 Å². The lowest BCUT2D eigenvalue weighted by Crippen LogP contribution is -2.46. The van der Waals surface area contributed by atoms with E-state index < -0.39 is 35.4 Å². The van der Waals surface area contributed by atoms with Gasteiger partial charge in [-0.2, -0.15) is 13.2 Å². The number of hydrogen-bond acceptors (Lipinski definition) is 5. The van der Waals surface area contributed by atoms with Gasteiger partial charge in [0.15, 0.2) is 0 Å². The van der Waals surface area contributed by atoms with Crippen LogP contribution in [0.1, 0.15) is 5.56 Å². The maximum absolute atomic E-state index is 14.4. The zero-order valence-electron chi connectivity index (χ0n) is 16.9. The Morgan fingerprint density at radius 1 is 1.18 bits per heavy atom. The molecule has 11 heteroatoms. The lowest BCUT2D eigenvalue weighted by molar-refractivity contribution is -0.137. The van der Waals surface area contributed by atoms with Gasteiger partial charge in [-0.3, -0.25) is 4.90 Å². The molecule has 1 aliphatic heterocycles. The van der Waals surface area contributed by atoms with Crippen molar-refractivity contribution in [2.24, 2.45) is 16.5 Å². The third-order valence-corrected chi connectivity index (χ3v) is 5.03.